The van der Waals surface area contributed by atoms with Crippen LogP contribution in [0, 0.1) is 0 Å². The maximum atomic E-state index is 12.8. The molecule has 1 heterocycles. The number of unbranched alkanes of at least 4 members (excludes halogenated alkanes) is 1. The van der Waals surface area contributed by atoms with Gasteiger partial charge in [0.2, 0.25) is 16.4 Å². The molecule has 0 spiro atoms. The normalized spacial score (nSPS) is 11.7. The molecule has 0 amide bonds. The fourth-order valence-corrected chi connectivity index (χ4v) is 4.22. The molecule has 3 rings (SSSR count). The van der Waals surface area contributed by atoms with Gasteiger partial charge >= 0.3 is 0 Å². The van der Waals surface area contributed by atoms with E-state index < -0.39 is 10.0 Å². The molecule has 144 valence electrons. The topological polar surface area (TPSA) is 75.1 Å². The van der Waals surface area contributed by atoms with Crippen molar-refractivity contribution >= 4 is 20.8 Å². The van der Waals surface area contributed by atoms with Crippen LogP contribution >= 0.6 is 0 Å². The van der Waals surface area contributed by atoms with E-state index in [0.717, 1.165) is 30.5 Å². The summed E-state index contributed by atoms with van der Waals surface area (Å²) in [7, 11) is -3.59. The Labute approximate surface area is 160 Å². The van der Waals surface area contributed by atoms with Crippen LogP contribution in [0.2, 0.25) is 0 Å². The summed E-state index contributed by atoms with van der Waals surface area (Å²) in [6, 6.07) is 10.9. The second-order valence-corrected chi connectivity index (χ2v) is 8.15. The van der Waals surface area contributed by atoms with Gasteiger partial charge in [-0.25, -0.2) is 17.7 Å². The van der Waals surface area contributed by atoms with Crippen molar-refractivity contribution in [1.29, 1.82) is 0 Å². The Morgan fingerprint density at radius 1 is 1.11 bits per heavy atom. The molecule has 0 saturated carbocycles. The lowest BCUT2D eigenvalue weighted by Gasteiger charge is -2.13. The average Bonchev–Trinajstić information content (AvgIpc) is 3.19. The molecule has 0 bridgehead atoms. The SMILES string of the molecule is CCCCOc1ccc(S(=O)(=O)NCCC[n+]2cc[nH]c2)c2ccccc12. The first kappa shape index (κ1) is 19.4. The lowest BCUT2D eigenvalue weighted by atomic mass is 10.1. The summed E-state index contributed by atoms with van der Waals surface area (Å²) in [6.07, 6.45) is 8.32. The number of fused-ring (bicyclic) bond motifs is 1. The average molecular weight is 389 g/mol. The highest BCUT2D eigenvalue weighted by Crippen LogP contribution is 2.31. The second kappa shape index (κ2) is 9.01. The number of aryl methyl sites for hydroxylation is 1. The Bertz CT molecular complexity index is 969. The third kappa shape index (κ3) is 4.87. The number of nitrogens with one attached hydrogen (secondary N) is 2. The van der Waals surface area contributed by atoms with Crippen molar-refractivity contribution in [3.8, 4) is 5.75 Å². The number of aromatic nitrogens is 2. The number of H-pyrrole nitrogens is 1. The van der Waals surface area contributed by atoms with Crippen LogP contribution in [-0.4, -0.2) is 26.6 Å². The number of sulfonamides is 1. The van der Waals surface area contributed by atoms with Crippen molar-refractivity contribution in [3.63, 3.8) is 0 Å². The fourth-order valence-electron chi connectivity index (χ4n) is 2.94. The van der Waals surface area contributed by atoms with E-state index in [0.29, 0.717) is 25.0 Å². The minimum Gasteiger partial charge on any atom is -0.493 e. The smallest absolute Gasteiger partial charge is 0.241 e. The van der Waals surface area contributed by atoms with Crippen LogP contribution < -0.4 is 14.0 Å². The largest absolute Gasteiger partial charge is 0.493 e. The van der Waals surface area contributed by atoms with Gasteiger partial charge in [0.15, 0.2) is 0 Å². The van der Waals surface area contributed by atoms with E-state index in [9.17, 15) is 8.42 Å². The standard InChI is InChI=1S/C20H25N3O3S/c1-2-3-15-26-19-9-10-20(18-8-5-4-7-17(18)19)27(24,25)22-11-6-13-23-14-12-21-16-23/h4-5,7-10,12,14,16,22H,2-3,6,11,13,15H2,1H3/p+1. The molecule has 2 N–H and O–H groups in total. The number of imidazole rings is 1. The van der Waals surface area contributed by atoms with Crippen molar-refractivity contribution in [2.45, 2.75) is 37.6 Å². The van der Waals surface area contributed by atoms with Gasteiger partial charge in [-0.1, -0.05) is 37.6 Å². The van der Waals surface area contributed by atoms with Crippen LogP contribution in [0.1, 0.15) is 26.2 Å². The number of ether oxygens (including phenoxy) is 1. The molecule has 0 radical (unpaired) electrons. The highest BCUT2D eigenvalue weighted by Gasteiger charge is 2.18. The summed E-state index contributed by atoms with van der Waals surface area (Å²) in [6.45, 7) is 3.86. The van der Waals surface area contributed by atoms with Crippen LogP contribution in [0.3, 0.4) is 0 Å². The van der Waals surface area contributed by atoms with Crippen LogP contribution in [0.4, 0.5) is 0 Å². The summed E-state index contributed by atoms with van der Waals surface area (Å²) >= 11 is 0. The molecule has 0 saturated heterocycles. The third-order valence-corrected chi connectivity index (χ3v) is 5.90. The van der Waals surface area contributed by atoms with E-state index in [1.807, 2.05) is 47.6 Å². The highest BCUT2D eigenvalue weighted by molar-refractivity contribution is 7.89. The van der Waals surface area contributed by atoms with Gasteiger partial charge in [-0.3, -0.25) is 4.98 Å². The van der Waals surface area contributed by atoms with Crippen LogP contribution in [-0.2, 0) is 16.6 Å². The molecule has 1 aromatic heterocycles. The van der Waals surface area contributed by atoms with Crippen molar-refractivity contribution in [3.05, 3.63) is 55.1 Å². The van der Waals surface area contributed by atoms with Gasteiger partial charge in [0, 0.05) is 17.3 Å². The Morgan fingerprint density at radius 3 is 2.67 bits per heavy atom. The zero-order chi connectivity index (χ0) is 19.1. The molecule has 7 heteroatoms. The zero-order valence-corrected chi connectivity index (χ0v) is 16.3. The third-order valence-electron chi connectivity index (χ3n) is 4.38. The lowest BCUT2D eigenvalue weighted by Crippen LogP contribution is -2.33. The quantitative estimate of drug-likeness (QED) is 0.414. The van der Waals surface area contributed by atoms with Gasteiger partial charge in [-0.2, -0.15) is 0 Å². The molecule has 0 atom stereocenters. The van der Waals surface area contributed by atoms with E-state index in [1.54, 1.807) is 12.1 Å². The molecule has 0 aliphatic heterocycles. The zero-order valence-electron chi connectivity index (χ0n) is 15.5. The van der Waals surface area contributed by atoms with E-state index in [4.69, 9.17) is 4.74 Å². The van der Waals surface area contributed by atoms with E-state index in [1.165, 1.54) is 0 Å². The Hall–Kier alpha value is -2.38. The van der Waals surface area contributed by atoms with Crippen LogP contribution in [0.15, 0.2) is 60.0 Å². The van der Waals surface area contributed by atoms with Crippen molar-refractivity contribution in [2.24, 2.45) is 0 Å². The molecule has 27 heavy (non-hydrogen) atoms. The molecular weight excluding hydrogens is 362 g/mol. The van der Waals surface area contributed by atoms with E-state index >= 15 is 0 Å². The van der Waals surface area contributed by atoms with Crippen LogP contribution in [0.5, 0.6) is 5.75 Å². The summed E-state index contributed by atoms with van der Waals surface area (Å²) in [5.74, 6) is 0.724. The van der Waals surface area contributed by atoms with Crippen molar-refractivity contribution < 1.29 is 17.7 Å². The lowest BCUT2D eigenvalue weighted by molar-refractivity contribution is -0.695. The van der Waals surface area contributed by atoms with Crippen molar-refractivity contribution in [2.75, 3.05) is 13.2 Å². The van der Waals surface area contributed by atoms with Gasteiger partial charge in [-0.05, 0) is 25.0 Å². The second-order valence-electron chi connectivity index (χ2n) is 6.41. The van der Waals surface area contributed by atoms with Gasteiger partial charge in [0.25, 0.3) is 0 Å². The Kier molecular flexibility index (Phi) is 6.47. The number of hydrogen-bond donors (Lipinski definition) is 2. The van der Waals surface area contributed by atoms with Gasteiger partial charge in [-0.15, -0.1) is 0 Å². The summed E-state index contributed by atoms with van der Waals surface area (Å²) in [5, 5.41) is 1.50. The highest BCUT2D eigenvalue weighted by atomic mass is 32.2. The number of aromatic amines is 1. The predicted molar refractivity (Wildman–Crippen MR) is 105 cm³/mol. The van der Waals surface area contributed by atoms with E-state index in [-0.39, 0.29) is 4.90 Å². The molecule has 2 aromatic carbocycles. The van der Waals surface area contributed by atoms with Crippen LogP contribution in [0.25, 0.3) is 10.8 Å². The maximum absolute atomic E-state index is 12.8. The minimum absolute atomic E-state index is 0.287. The molecule has 6 nitrogen and oxygen atoms in total. The number of hydrogen-bond acceptors (Lipinski definition) is 3. The monoisotopic (exact) mass is 388 g/mol. The number of rotatable bonds is 10. The molecule has 0 aliphatic rings. The summed E-state index contributed by atoms with van der Waals surface area (Å²) in [4.78, 5) is 3.26. The minimum atomic E-state index is -3.59. The summed E-state index contributed by atoms with van der Waals surface area (Å²) < 4.78 is 36.2. The Morgan fingerprint density at radius 2 is 1.93 bits per heavy atom. The van der Waals surface area contributed by atoms with Gasteiger partial charge in [0.05, 0.1) is 18.0 Å². The predicted octanol–water partition coefficient (Wildman–Crippen LogP) is 3.00. The van der Waals surface area contributed by atoms with Gasteiger partial charge < -0.3 is 4.74 Å². The fraction of sp³-hybridized carbons (Fsp3) is 0.350. The van der Waals surface area contributed by atoms with Gasteiger partial charge in [0.1, 0.15) is 18.1 Å². The molecule has 3 aromatic rings. The van der Waals surface area contributed by atoms with E-state index in [2.05, 4.69) is 16.6 Å². The first-order valence-corrected chi connectivity index (χ1v) is 10.8. The maximum Gasteiger partial charge on any atom is 0.241 e. The molecule has 0 fully saturated rings. The van der Waals surface area contributed by atoms with Crippen molar-refractivity contribution in [1.82, 2.24) is 9.71 Å². The molecule has 0 unspecified atom stereocenters. The first-order valence-electron chi connectivity index (χ1n) is 9.28. The first-order chi connectivity index (χ1) is 13.1. The number of benzene rings is 2. The number of nitrogens with zero attached hydrogens (tertiary/aromatic N) is 1. The molecular formula is C20H26N3O3S+. The summed E-state index contributed by atoms with van der Waals surface area (Å²) in [5.41, 5.74) is 0. The molecule has 0 aliphatic carbocycles. The Balaban J connectivity index is 1.75.